The Kier molecular flexibility index (Phi) is 8.87. The van der Waals surface area contributed by atoms with Crippen molar-refractivity contribution in [3.05, 3.63) is 83.2 Å². The minimum Gasteiger partial charge on any atom is -0.376 e. The third-order valence-corrected chi connectivity index (χ3v) is 7.88. The molecule has 0 fully saturated rings. The summed E-state index contributed by atoms with van der Waals surface area (Å²) in [6, 6.07) is 17.3. The number of para-hydroxylation sites is 1. The lowest BCUT2D eigenvalue weighted by Crippen LogP contribution is -2.23. The highest BCUT2D eigenvalue weighted by molar-refractivity contribution is 7.93. The molecule has 1 N–H and O–H groups in total. The molecule has 0 unspecified atom stereocenters. The average Bonchev–Trinajstić information content (AvgIpc) is 3.00. The van der Waals surface area contributed by atoms with Gasteiger partial charge in [-0.25, -0.2) is 12.8 Å². The second kappa shape index (κ2) is 11.5. The Labute approximate surface area is 220 Å². The molecule has 0 amide bonds. The fraction of sp³-hybridized carbons (Fsp3) is 0.333. The second-order valence-electron chi connectivity index (χ2n) is 9.39. The summed E-state index contributed by atoms with van der Waals surface area (Å²) >= 11 is 0. The van der Waals surface area contributed by atoms with E-state index < -0.39 is 10.0 Å². The van der Waals surface area contributed by atoms with Crippen molar-refractivity contribution in [1.29, 1.82) is 0 Å². The Balaban J connectivity index is 0.00000361. The summed E-state index contributed by atoms with van der Waals surface area (Å²) in [5, 5.41) is 0. The highest BCUT2D eigenvalue weighted by Gasteiger charge is 2.24. The van der Waals surface area contributed by atoms with E-state index in [2.05, 4.69) is 22.7 Å². The van der Waals surface area contributed by atoms with Gasteiger partial charge >= 0.3 is 0 Å². The zero-order chi connectivity index (χ0) is 25.2. The van der Waals surface area contributed by atoms with E-state index in [1.165, 1.54) is 23.3 Å². The fourth-order valence-corrected chi connectivity index (χ4v) is 5.80. The van der Waals surface area contributed by atoms with Crippen molar-refractivity contribution in [1.82, 2.24) is 4.90 Å². The summed E-state index contributed by atoms with van der Waals surface area (Å²) in [6.07, 6.45) is 1.82. The zero-order valence-corrected chi connectivity index (χ0v) is 22.8. The van der Waals surface area contributed by atoms with Crippen LogP contribution in [0.4, 0.5) is 21.5 Å². The summed E-state index contributed by atoms with van der Waals surface area (Å²) in [7, 11) is 3.92. The molecule has 0 aromatic heterocycles. The van der Waals surface area contributed by atoms with Gasteiger partial charge in [-0.15, -0.1) is 12.4 Å². The SMILES string of the molecule is CN1CCc2cc(NS(=O)(=O)c3ccccc3N(C)Cc3ccc(F)cc3)c(N(C)C)cc2CC1.Cl. The molecule has 3 aromatic rings. The average molecular weight is 533 g/mol. The monoisotopic (exact) mass is 532 g/mol. The highest BCUT2D eigenvalue weighted by atomic mass is 35.5. The van der Waals surface area contributed by atoms with Gasteiger partial charge in [0.15, 0.2) is 0 Å². The van der Waals surface area contributed by atoms with Gasteiger partial charge in [-0.2, -0.15) is 0 Å². The lowest BCUT2D eigenvalue weighted by atomic mass is 10.0. The number of hydrogen-bond donors (Lipinski definition) is 1. The lowest BCUT2D eigenvalue weighted by molar-refractivity contribution is 0.352. The maximum absolute atomic E-state index is 13.7. The van der Waals surface area contributed by atoms with Gasteiger partial charge in [0, 0.05) is 40.8 Å². The summed E-state index contributed by atoms with van der Waals surface area (Å²) < 4.78 is 43.5. The molecule has 1 aliphatic rings. The molecule has 0 atom stereocenters. The van der Waals surface area contributed by atoms with Crippen molar-refractivity contribution in [2.24, 2.45) is 0 Å². The van der Waals surface area contributed by atoms with Crippen LogP contribution >= 0.6 is 12.4 Å². The van der Waals surface area contributed by atoms with Crippen LogP contribution in [0, 0.1) is 5.82 Å². The molecule has 0 bridgehead atoms. The van der Waals surface area contributed by atoms with Crippen molar-refractivity contribution < 1.29 is 12.8 Å². The fourth-order valence-electron chi connectivity index (χ4n) is 4.48. The Morgan fingerprint density at radius 1 is 0.917 bits per heavy atom. The Morgan fingerprint density at radius 3 is 2.17 bits per heavy atom. The second-order valence-corrected chi connectivity index (χ2v) is 11.0. The number of benzene rings is 3. The molecule has 194 valence electrons. The van der Waals surface area contributed by atoms with E-state index in [9.17, 15) is 12.8 Å². The van der Waals surface area contributed by atoms with Crippen molar-refractivity contribution in [2.75, 3.05) is 55.8 Å². The first-order chi connectivity index (χ1) is 16.6. The number of anilines is 3. The number of fused-ring (bicyclic) bond motifs is 1. The first kappa shape index (κ1) is 27.8. The maximum Gasteiger partial charge on any atom is 0.264 e. The van der Waals surface area contributed by atoms with Gasteiger partial charge in [0.1, 0.15) is 10.7 Å². The van der Waals surface area contributed by atoms with E-state index in [1.807, 2.05) is 43.1 Å². The van der Waals surface area contributed by atoms with Crippen molar-refractivity contribution in [3.8, 4) is 0 Å². The molecule has 0 aliphatic carbocycles. The van der Waals surface area contributed by atoms with Crippen molar-refractivity contribution in [2.45, 2.75) is 24.3 Å². The van der Waals surface area contributed by atoms with E-state index in [-0.39, 0.29) is 23.1 Å². The number of nitrogens with zero attached hydrogens (tertiary/aromatic N) is 3. The molecule has 9 heteroatoms. The van der Waals surface area contributed by atoms with Crippen LogP contribution in [0.3, 0.4) is 0 Å². The first-order valence-electron chi connectivity index (χ1n) is 11.7. The molecule has 3 aromatic carbocycles. The maximum atomic E-state index is 13.7. The van der Waals surface area contributed by atoms with Crippen LogP contribution < -0.4 is 14.5 Å². The molecule has 36 heavy (non-hydrogen) atoms. The van der Waals surface area contributed by atoms with Crippen LogP contribution in [0.2, 0.25) is 0 Å². The summed E-state index contributed by atoms with van der Waals surface area (Å²) in [5.74, 6) is -0.298. The number of halogens is 2. The number of sulfonamides is 1. The van der Waals surface area contributed by atoms with Gasteiger partial charge in [0.2, 0.25) is 0 Å². The summed E-state index contributed by atoms with van der Waals surface area (Å²) in [5.41, 5.74) is 5.33. The molecular formula is C27H34ClFN4O2S. The third-order valence-electron chi connectivity index (χ3n) is 6.47. The largest absolute Gasteiger partial charge is 0.376 e. The van der Waals surface area contributed by atoms with Gasteiger partial charge in [-0.05, 0) is 73.0 Å². The number of hydrogen-bond acceptors (Lipinski definition) is 5. The van der Waals surface area contributed by atoms with Crippen molar-refractivity contribution in [3.63, 3.8) is 0 Å². The van der Waals surface area contributed by atoms with Crippen LogP contribution in [0.5, 0.6) is 0 Å². The Morgan fingerprint density at radius 2 is 1.53 bits per heavy atom. The third kappa shape index (κ3) is 6.30. The molecule has 1 aliphatic heterocycles. The quantitative estimate of drug-likeness (QED) is 0.474. The predicted molar refractivity (Wildman–Crippen MR) is 149 cm³/mol. The smallest absolute Gasteiger partial charge is 0.264 e. The molecule has 4 rings (SSSR count). The van der Waals surface area contributed by atoms with Crippen molar-refractivity contribution >= 4 is 39.5 Å². The van der Waals surface area contributed by atoms with Gasteiger partial charge in [0.05, 0.1) is 17.1 Å². The Hall–Kier alpha value is -2.81. The van der Waals surface area contributed by atoms with Crippen LogP contribution in [0.15, 0.2) is 65.6 Å². The standard InChI is InChI=1S/C27H33FN4O2S.ClH/c1-30(2)26-18-22-14-16-31(3)15-13-21(22)17-24(26)29-35(33,34)27-8-6-5-7-25(27)32(4)19-20-9-11-23(28)12-10-20;/h5-12,17-18,29H,13-16,19H2,1-4H3;1H. The van der Waals surface area contributed by atoms with E-state index >= 15 is 0 Å². The molecule has 0 saturated carbocycles. The van der Waals surface area contributed by atoms with Gasteiger partial charge in [-0.3, -0.25) is 4.72 Å². The summed E-state index contributed by atoms with van der Waals surface area (Å²) in [6.45, 7) is 2.37. The van der Waals surface area contributed by atoms with Crippen LogP contribution in [0.25, 0.3) is 0 Å². The van der Waals surface area contributed by atoms with Crippen LogP contribution in [-0.2, 0) is 29.4 Å². The molecule has 0 radical (unpaired) electrons. The minimum atomic E-state index is -3.88. The van der Waals surface area contributed by atoms with Crippen LogP contribution in [-0.4, -0.2) is 54.6 Å². The van der Waals surface area contributed by atoms with Crippen LogP contribution in [0.1, 0.15) is 16.7 Å². The summed E-state index contributed by atoms with van der Waals surface area (Å²) in [4.78, 5) is 6.30. The Bertz CT molecular complexity index is 1300. The zero-order valence-electron chi connectivity index (χ0n) is 21.2. The van der Waals surface area contributed by atoms with Gasteiger partial charge in [-0.1, -0.05) is 24.3 Å². The topological polar surface area (TPSA) is 55.9 Å². The van der Waals surface area contributed by atoms with E-state index in [0.717, 1.165) is 37.2 Å². The predicted octanol–water partition coefficient (Wildman–Crippen LogP) is 4.78. The van der Waals surface area contributed by atoms with E-state index in [0.29, 0.717) is 17.9 Å². The van der Waals surface area contributed by atoms with Gasteiger partial charge in [0.25, 0.3) is 10.0 Å². The molecule has 0 spiro atoms. The van der Waals surface area contributed by atoms with Gasteiger partial charge < -0.3 is 14.7 Å². The molecular weight excluding hydrogens is 499 g/mol. The van der Waals surface area contributed by atoms with E-state index in [4.69, 9.17) is 0 Å². The normalized spacial score (nSPS) is 13.8. The molecule has 1 heterocycles. The lowest BCUT2D eigenvalue weighted by Gasteiger charge is -2.24. The number of nitrogens with one attached hydrogen (secondary N) is 1. The first-order valence-corrected chi connectivity index (χ1v) is 13.2. The highest BCUT2D eigenvalue weighted by Crippen LogP contribution is 2.34. The minimum absolute atomic E-state index is 0. The van der Waals surface area contributed by atoms with E-state index in [1.54, 1.807) is 30.3 Å². The molecule has 6 nitrogen and oxygen atoms in total. The molecule has 0 saturated heterocycles. The number of rotatable bonds is 7. The number of likely N-dealkylation sites (N-methyl/N-ethyl adjacent to an activating group) is 1.